The maximum absolute atomic E-state index is 11.1. The van der Waals surface area contributed by atoms with Gasteiger partial charge in [-0.05, 0) is 19.8 Å². The molecule has 1 saturated carbocycles. The first-order chi connectivity index (χ1) is 8.17. The maximum Gasteiger partial charge on any atom is 0.156 e. The molecule has 0 spiro atoms. The Bertz CT molecular complexity index is 435. The van der Waals surface area contributed by atoms with Crippen LogP contribution in [0.5, 0.6) is 0 Å². The molecule has 6 heteroatoms. The van der Waals surface area contributed by atoms with Gasteiger partial charge in [-0.15, -0.1) is 0 Å². The van der Waals surface area contributed by atoms with Crippen LogP contribution in [0.25, 0.3) is 0 Å². The van der Waals surface area contributed by atoms with Crippen LogP contribution in [-0.4, -0.2) is 40.6 Å². The number of aldehydes is 1. The van der Waals surface area contributed by atoms with Crippen LogP contribution in [0.3, 0.4) is 0 Å². The van der Waals surface area contributed by atoms with E-state index in [9.17, 15) is 4.79 Å². The summed E-state index contributed by atoms with van der Waals surface area (Å²) in [4.78, 5) is 21.2. The third-order valence-corrected chi connectivity index (χ3v) is 3.00. The molecule has 92 valence electrons. The molecule has 5 nitrogen and oxygen atoms in total. The second kappa shape index (κ2) is 4.98. The average molecular weight is 256 g/mol. The van der Waals surface area contributed by atoms with Gasteiger partial charge in [-0.1, -0.05) is 11.6 Å². The van der Waals surface area contributed by atoms with Gasteiger partial charge in [0.1, 0.15) is 16.8 Å². The topological polar surface area (TPSA) is 66.3 Å². The highest BCUT2D eigenvalue weighted by Gasteiger charge is 2.31. The van der Waals surface area contributed by atoms with E-state index in [0.29, 0.717) is 36.1 Å². The molecule has 1 heterocycles. The molecule has 1 aliphatic carbocycles. The molecule has 0 saturated heterocycles. The summed E-state index contributed by atoms with van der Waals surface area (Å²) in [6, 6.07) is 0.353. The van der Waals surface area contributed by atoms with E-state index >= 15 is 0 Å². The highest BCUT2D eigenvalue weighted by Crippen LogP contribution is 2.33. The number of aromatic nitrogens is 2. The molecule has 17 heavy (non-hydrogen) atoms. The maximum atomic E-state index is 11.1. The lowest BCUT2D eigenvalue weighted by Crippen LogP contribution is -2.31. The number of aliphatic hydroxyl groups is 1. The normalized spacial score (nSPS) is 14.8. The standard InChI is InChI=1S/C11H14ClN3O2/c1-7-13-10(12)9(6-17)11(14-7)15(4-5-16)8-2-3-8/h6,8,16H,2-5H2,1H3. The Labute approximate surface area is 104 Å². The summed E-state index contributed by atoms with van der Waals surface area (Å²) in [7, 11) is 0. The van der Waals surface area contributed by atoms with Crippen LogP contribution in [0, 0.1) is 6.92 Å². The van der Waals surface area contributed by atoms with Crippen LogP contribution in [0.2, 0.25) is 5.15 Å². The van der Waals surface area contributed by atoms with E-state index in [2.05, 4.69) is 9.97 Å². The SMILES string of the molecule is Cc1nc(Cl)c(C=O)c(N(CCO)C2CC2)n1. The van der Waals surface area contributed by atoms with E-state index in [1.165, 1.54) is 0 Å². The second-order valence-corrected chi connectivity index (χ2v) is 4.42. The van der Waals surface area contributed by atoms with Crippen LogP contribution < -0.4 is 4.90 Å². The number of nitrogens with zero attached hydrogens (tertiary/aromatic N) is 3. The summed E-state index contributed by atoms with van der Waals surface area (Å²) in [5.41, 5.74) is 0.303. The number of halogens is 1. The van der Waals surface area contributed by atoms with Crippen molar-refractivity contribution in [3.8, 4) is 0 Å². The van der Waals surface area contributed by atoms with Gasteiger partial charge in [0.05, 0.1) is 12.2 Å². The number of carbonyl (C=O) groups is 1. The Balaban J connectivity index is 2.43. The Morgan fingerprint density at radius 3 is 2.76 bits per heavy atom. The highest BCUT2D eigenvalue weighted by molar-refractivity contribution is 6.32. The minimum Gasteiger partial charge on any atom is -0.395 e. The third-order valence-electron chi connectivity index (χ3n) is 2.71. The van der Waals surface area contributed by atoms with Gasteiger partial charge in [0, 0.05) is 12.6 Å². The first-order valence-corrected chi connectivity index (χ1v) is 5.92. The predicted octanol–water partition coefficient (Wildman–Crippen LogP) is 1.21. The fourth-order valence-corrected chi connectivity index (χ4v) is 2.06. The van der Waals surface area contributed by atoms with Gasteiger partial charge in [0.25, 0.3) is 0 Å². The molecule has 1 aromatic heterocycles. The number of aliphatic hydroxyl groups excluding tert-OH is 1. The Kier molecular flexibility index (Phi) is 3.59. The average Bonchev–Trinajstić information content (AvgIpc) is 3.08. The van der Waals surface area contributed by atoms with Crippen molar-refractivity contribution in [2.45, 2.75) is 25.8 Å². The molecule has 1 aliphatic rings. The van der Waals surface area contributed by atoms with Gasteiger partial charge in [-0.25, -0.2) is 9.97 Å². The summed E-state index contributed by atoms with van der Waals surface area (Å²) in [6.07, 6.45) is 2.78. The third kappa shape index (κ3) is 2.56. The lowest BCUT2D eigenvalue weighted by molar-refractivity contribution is 0.112. The molecular weight excluding hydrogens is 242 g/mol. The van der Waals surface area contributed by atoms with E-state index in [-0.39, 0.29) is 11.8 Å². The molecule has 0 radical (unpaired) electrons. The molecular formula is C11H14ClN3O2. The number of rotatable bonds is 5. The van der Waals surface area contributed by atoms with Gasteiger partial charge in [-0.3, -0.25) is 4.79 Å². The van der Waals surface area contributed by atoms with E-state index in [1.807, 2.05) is 4.90 Å². The number of aryl methyl sites for hydroxylation is 1. The quantitative estimate of drug-likeness (QED) is 0.633. The number of hydrogen-bond acceptors (Lipinski definition) is 5. The summed E-state index contributed by atoms with van der Waals surface area (Å²) in [5.74, 6) is 1.06. The van der Waals surface area contributed by atoms with Crippen LogP contribution in [0.1, 0.15) is 29.0 Å². The van der Waals surface area contributed by atoms with Crippen molar-refractivity contribution >= 4 is 23.7 Å². The molecule has 0 aromatic carbocycles. The lowest BCUT2D eigenvalue weighted by atomic mass is 10.3. The van der Waals surface area contributed by atoms with Crippen LogP contribution in [-0.2, 0) is 0 Å². The largest absolute Gasteiger partial charge is 0.395 e. The Morgan fingerprint density at radius 1 is 1.53 bits per heavy atom. The van der Waals surface area contributed by atoms with Crippen LogP contribution >= 0.6 is 11.6 Å². The molecule has 0 unspecified atom stereocenters. The zero-order valence-electron chi connectivity index (χ0n) is 9.56. The smallest absolute Gasteiger partial charge is 0.156 e. The van der Waals surface area contributed by atoms with E-state index in [1.54, 1.807) is 6.92 Å². The van der Waals surface area contributed by atoms with Gasteiger partial charge in [0.2, 0.25) is 0 Å². The van der Waals surface area contributed by atoms with Crippen molar-refractivity contribution in [1.29, 1.82) is 0 Å². The minimum absolute atomic E-state index is 0.0233. The van der Waals surface area contributed by atoms with Gasteiger partial charge >= 0.3 is 0 Å². The summed E-state index contributed by atoms with van der Waals surface area (Å²) in [6.45, 7) is 2.21. The van der Waals surface area contributed by atoms with E-state index < -0.39 is 0 Å². The number of hydrogen-bond donors (Lipinski definition) is 1. The van der Waals surface area contributed by atoms with Crippen molar-refractivity contribution < 1.29 is 9.90 Å². The lowest BCUT2D eigenvalue weighted by Gasteiger charge is -2.24. The van der Waals surface area contributed by atoms with Crippen molar-refractivity contribution in [1.82, 2.24) is 9.97 Å². The molecule has 1 N–H and O–H groups in total. The van der Waals surface area contributed by atoms with Crippen molar-refractivity contribution in [2.24, 2.45) is 0 Å². The number of carbonyl (C=O) groups excluding carboxylic acids is 1. The molecule has 0 aliphatic heterocycles. The minimum atomic E-state index is 0.0233. The zero-order valence-corrected chi connectivity index (χ0v) is 10.3. The van der Waals surface area contributed by atoms with Crippen molar-refractivity contribution in [3.63, 3.8) is 0 Å². The van der Waals surface area contributed by atoms with Crippen LogP contribution in [0.4, 0.5) is 5.82 Å². The zero-order chi connectivity index (χ0) is 12.4. The Hall–Kier alpha value is -1.20. The second-order valence-electron chi connectivity index (χ2n) is 4.06. The first kappa shape index (κ1) is 12.3. The molecule has 0 atom stereocenters. The van der Waals surface area contributed by atoms with E-state index in [0.717, 1.165) is 12.8 Å². The van der Waals surface area contributed by atoms with Gasteiger partial charge < -0.3 is 10.0 Å². The molecule has 1 aromatic rings. The molecule has 2 rings (SSSR count). The van der Waals surface area contributed by atoms with Crippen molar-refractivity contribution in [2.75, 3.05) is 18.1 Å². The predicted molar refractivity (Wildman–Crippen MR) is 64.6 cm³/mol. The summed E-state index contributed by atoms with van der Waals surface area (Å²) in [5, 5.41) is 9.24. The summed E-state index contributed by atoms with van der Waals surface area (Å²) >= 11 is 5.93. The molecule has 0 bridgehead atoms. The molecule has 1 fully saturated rings. The van der Waals surface area contributed by atoms with Crippen molar-refractivity contribution in [3.05, 3.63) is 16.5 Å². The summed E-state index contributed by atoms with van der Waals surface area (Å²) < 4.78 is 0. The highest BCUT2D eigenvalue weighted by atomic mass is 35.5. The first-order valence-electron chi connectivity index (χ1n) is 5.54. The fraction of sp³-hybridized carbons (Fsp3) is 0.545. The molecule has 0 amide bonds. The van der Waals surface area contributed by atoms with Gasteiger partial charge in [-0.2, -0.15) is 0 Å². The number of anilines is 1. The fourth-order valence-electron chi connectivity index (χ4n) is 1.81. The van der Waals surface area contributed by atoms with Gasteiger partial charge in [0.15, 0.2) is 6.29 Å². The monoisotopic (exact) mass is 255 g/mol. The Morgan fingerprint density at radius 2 is 2.24 bits per heavy atom. The van der Waals surface area contributed by atoms with Crippen LogP contribution in [0.15, 0.2) is 0 Å². The van der Waals surface area contributed by atoms with E-state index in [4.69, 9.17) is 16.7 Å².